The molecule has 0 saturated carbocycles. The minimum absolute atomic E-state index is 0.167. The molecule has 2 rings (SSSR count). The van der Waals surface area contributed by atoms with Crippen molar-refractivity contribution in [3.05, 3.63) is 18.0 Å². The molecular weight excluding hydrogens is 278 g/mol. The maximum atomic E-state index is 12.1. The third-order valence-corrected chi connectivity index (χ3v) is 5.15. The highest BCUT2D eigenvalue weighted by atomic mass is 32.2. The normalized spacial score (nSPS) is 17.5. The lowest BCUT2D eigenvalue weighted by molar-refractivity contribution is 0.233. The Bertz CT molecular complexity index is 533. The monoisotopic (exact) mass is 301 g/mol. The number of nitrogens with zero attached hydrogens (tertiary/aromatic N) is 2. The van der Waals surface area contributed by atoms with Gasteiger partial charge in [-0.1, -0.05) is 6.42 Å². The lowest BCUT2D eigenvalue weighted by Gasteiger charge is -2.26. The first kappa shape index (κ1) is 15.5. The summed E-state index contributed by atoms with van der Waals surface area (Å²) < 4.78 is 28.5. The van der Waals surface area contributed by atoms with E-state index in [9.17, 15) is 8.42 Å². The van der Waals surface area contributed by atoms with Gasteiger partial charge in [0.2, 0.25) is 10.0 Å². The fourth-order valence-electron chi connectivity index (χ4n) is 2.49. The Labute approximate surface area is 120 Å². The van der Waals surface area contributed by atoms with Crippen molar-refractivity contribution in [1.29, 1.82) is 0 Å². The van der Waals surface area contributed by atoms with Crippen LogP contribution in [0.2, 0.25) is 0 Å². The zero-order valence-electron chi connectivity index (χ0n) is 11.9. The van der Waals surface area contributed by atoms with Gasteiger partial charge in [0.25, 0.3) is 0 Å². The largest absolute Gasteiger partial charge is 0.390 e. The number of hydrogen-bond acceptors (Lipinski definition) is 4. The molecule has 114 valence electrons. The highest BCUT2D eigenvalue weighted by Crippen LogP contribution is 2.13. The molecule has 1 aliphatic heterocycles. The topological polar surface area (TPSA) is 74.6 Å². The van der Waals surface area contributed by atoms with E-state index in [1.807, 2.05) is 0 Å². The molecule has 0 atom stereocenters. The fourth-order valence-corrected chi connectivity index (χ4v) is 3.60. The molecule has 1 aromatic rings. The Kier molecular flexibility index (Phi) is 5.20. The van der Waals surface area contributed by atoms with Crippen molar-refractivity contribution < 1.29 is 13.5 Å². The number of aryl methyl sites for hydroxylation is 1. The molecule has 0 aliphatic carbocycles. The predicted molar refractivity (Wildman–Crippen MR) is 76.8 cm³/mol. The average molecular weight is 301 g/mol. The first-order valence-corrected chi connectivity index (χ1v) is 8.49. The van der Waals surface area contributed by atoms with Crippen molar-refractivity contribution in [1.82, 2.24) is 14.2 Å². The van der Waals surface area contributed by atoms with Crippen molar-refractivity contribution in [3.8, 4) is 0 Å². The van der Waals surface area contributed by atoms with Crippen LogP contribution in [0.25, 0.3) is 0 Å². The van der Waals surface area contributed by atoms with Crippen LogP contribution in [0.15, 0.2) is 17.2 Å². The van der Waals surface area contributed by atoms with Crippen molar-refractivity contribution in [2.24, 2.45) is 7.05 Å². The minimum atomic E-state index is -3.48. The molecule has 1 aliphatic rings. The molecule has 20 heavy (non-hydrogen) atoms. The van der Waals surface area contributed by atoms with Crippen LogP contribution in [0, 0.1) is 0 Å². The summed E-state index contributed by atoms with van der Waals surface area (Å²) in [5.74, 6) is 0. The van der Waals surface area contributed by atoms with Gasteiger partial charge in [0.05, 0.1) is 11.5 Å². The third-order valence-electron chi connectivity index (χ3n) is 3.72. The van der Waals surface area contributed by atoms with Crippen LogP contribution in [0.5, 0.6) is 0 Å². The Morgan fingerprint density at radius 2 is 2.00 bits per heavy atom. The van der Waals surface area contributed by atoms with E-state index in [0.717, 1.165) is 19.6 Å². The third kappa shape index (κ3) is 3.82. The first-order chi connectivity index (χ1) is 9.53. The van der Waals surface area contributed by atoms with E-state index < -0.39 is 10.0 Å². The molecule has 0 unspecified atom stereocenters. The van der Waals surface area contributed by atoms with Gasteiger partial charge in [0, 0.05) is 32.0 Å². The number of sulfonamides is 1. The van der Waals surface area contributed by atoms with Crippen LogP contribution < -0.4 is 4.72 Å². The number of hydrogen-bond donors (Lipinski definition) is 2. The van der Waals surface area contributed by atoms with Crippen LogP contribution in [-0.2, 0) is 23.7 Å². The molecule has 2 heterocycles. The van der Waals surface area contributed by atoms with Crippen molar-refractivity contribution in [2.75, 3.05) is 26.2 Å². The smallest absolute Gasteiger partial charge is 0.242 e. The summed E-state index contributed by atoms with van der Waals surface area (Å²) in [5.41, 5.74) is 0.585. The SMILES string of the molecule is Cn1cc(S(=O)(=O)NCCN2CCCCC2)cc1CO. The molecule has 6 nitrogen and oxygen atoms in total. The van der Waals surface area contributed by atoms with Gasteiger partial charge >= 0.3 is 0 Å². The van der Waals surface area contributed by atoms with Crippen LogP contribution in [-0.4, -0.2) is 49.2 Å². The summed E-state index contributed by atoms with van der Waals surface area (Å²) in [6.45, 7) is 3.12. The van der Waals surface area contributed by atoms with Crippen molar-refractivity contribution in [3.63, 3.8) is 0 Å². The second kappa shape index (κ2) is 6.71. The van der Waals surface area contributed by atoms with Gasteiger partial charge < -0.3 is 14.6 Å². The molecule has 2 N–H and O–H groups in total. The summed E-state index contributed by atoms with van der Waals surface area (Å²) >= 11 is 0. The predicted octanol–water partition coefficient (Wildman–Crippen LogP) is 0.282. The molecule has 7 heteroatoms. The van der Waals surface area contributed by atoms with E-state index in [1.165, 1.54) is 31.5 Å². The van der Waals surface area contributed by atoms with Crippen LogP contribution >= 0.6 is 0 Å². The second-order valence-corrected chi connectivity index (χ2v) is 7.00. The van der Waals surface area contributed by atoms with Gasteiger partial charge in [-0.2, -0.15) is 0 Å². The second-order valence-electron chi connectivity index (χ2n) is 5.24. The molecule has 1 fully saturated rings. The Morgan fingerprint density at radius 1 is 1.30 bits per heavy atom. The van der Waals surface area contributed by atoms with E-state index in [-0.39, 0.29) is 11.5 Å². The molecule has 1 aromatic heterocycles. The van der Waals surface area contributed by atoms with Gasteiger partial charge in [-0.05, 0) is 32.0 Å². The number of aliphatic hydroxyl groups excluding tert-OH is 1. The average Bonchev–Trinajstić information content (AvgIpc) is 2.82. The number of nitrogens with one attached hydrogen (secondary N) is 1. The number of rotatable bonds is 6. The minimum Gasteiger partial charge on any atom is -0.390 e. The number of aliphatic hydroxyl groups is 1. The van der Waals surface area contributed by atoms with Gasteiger partial charge in [-0.3, -0.25) is 0 Å². The zero-order valence-corrected chi connectivity index (χ0v) is 12.7. The highest BCUT2D eigenvalue weighted by molar-refractivity contribution is 7.89. The molecule has 0 amide bonds. The van der Waals surface area contributed by atoms with E-state index >= 15 is 0 Å². The lowest BCUT2D eigenvalue weighted by atomic mass is 10.1. The van der Waals surface area contributed by atoms with Crippen molar-refractivity contribution >= 4 is 10.0 Å². The standard InChI is InChI=1S/C13H23N3O3S/c1-15-10-13(9-12(15)11-17)20(18,19)14-5-8-16-6-3-2-4-7-16/h9-10,14,17H,2-8,11H2,1H3. The quantitative estimate of drug-likeness (QED) is 0.791. The fraction of sp³-hybridized carbons (Fsp3) is 0.692. The summed E-state index contributed by atoms with van der Waals surface area (Å²) in [7, 11) is -1.76. The number of aromatic nitrogens is 1. The maximum absolute atomic E-state index is 12.1. The van der Waals surface area contributed by atoms with E-state index in [2.05, 4.69) is 9.62 Å². The zero-order chi connectivity index (χ0) is 14.6. The maximum Gasteiger partial charge on any atom is 0.242 e. The van der Waals surface area contributed by atoms with E-state index in [1.54, 1.807) is 11.6 Å². The van der Waals surface area contributed by atoms with Crippen molar-refractivity contribution in [2.45, 2.75) is 30.8 Å². The molecular formula is C13H23N3O3S. The molecule has 0 aromatic carbocycles. The van der Waals surface area contributed by atoms with Crippen LogP contribution in [0.4, 0.5) is 0 Å². The van der Waals surface area contributed by atoms with Gasteiger partial charge in [-0.25, -0.2) is 13.1 Å². The van der Waals surface area contributed by atoms with Crippen LogP contribution in [0.1, 0.15) is 25.0 Å². The first-order valence-electron chi connectivity index (χ1n) is 7.01. The van der Waals surface area contributed by atoms with Gasteiger partial charge in [0.1, 0.15) is 0 Å². The summed E-state index contributed by atoms with van der Waals surface area (Å²) in [6.07, 6.45) is 5.20. The van der Waals surface area contributed by atoms with E-state index in [0.29, 0.717) is 12.2 Å². The molecule has 0 spiro atoms. The Hall–Kier alpha value is -0.890. The molecule has 0 radical (unpaired) electrons. The number of likely N-dealkylation sites (tertiary alicyclic amines) is 1. The Morgan fingerprint density at radius 3 is 2.60 bits per heavy atom. The highest BCUT2D eigenvalue weighted by Gasteiger charge is 2.17. The van der Waals surface area contributed by atoms with Crippen LogP contribution in [0.3, 0.4) is 0 Å². The molecule has 0 bridgehead atoms. The summed E-state index contributed by atoms with van der Waals surface area (Å²) in [4.78, 5) is 2.50. The van der Waals surface area contributed by atoms with Gasteiger partial charge in [0.15, 0.2) is 0 Å². The Balaban J connectivity index is 1.89. The van der Waals surface area contributed by atoms with Gasteiger partial charge in [-0.15, -0.1) is 0 Å². The summed E-state index contributed by atoms with van der Waals surface area (Å²) in [5, 5.41) is 9.10. The van der Waals surface area contributed by atoms with E-state index in [4.69, 9.17) is 5.11 Å². The molecule has 1 saturated heterocycles. The summed E-state index contributed by atoms with van der Waals surface area (Å²) in [6, 6.07) is 1.50. The lowest BCUT2D eigenvalue weighted by Crippen LogP contribution is -2.37. The number of piperidine rings is 1.